The minimum absolute atomic E-state index is 0.0233. The van der Waals surface area contributed by atoms with Gasteiger partial charge in [0.2, 0.25) is 0 Å². The van der Waals surface area contributed by atoms with Crippen LogP contribution in [0.15, 0.2) is 70.7 Å². The van der Waals surface area contributed by atoms with Crippen molar-refractivity contribution in [3.63, 3.8) is 0 Å². The van der Waals surface area contributed by atoms with E-state index in [4.69, 9.17) is 4.74 Å². The van der Waals surface area contributed by atoms with Crippen molar-refractivity contribution in [2.45, 2.75) is 67.5 Å². The van der Waals surface area contributed by atoms with Gasteiger partial charge in [0.05, 0.1) is 18.2 Å². The molecule has 1 aliphatic heterocycles. The third-order valence-electron chi connectivity index (χ3n) is 7.12. The van der Waals surface area contributed by atoms with Crippen LogP contribution in [0.1, 0.15) is 57.4 Å². The Balaban J connectivity index is 1.54. The molecule has 0 fully saturated rings. The van der Waals surface area contributed by atoms with Crippen molar-refractivity contribution in [3.05, 3.63) is 66.2 Å². The van der Waals surface area contributed by atoms with E-state index in [2.05, 4.69) is 19.4 Å². The standard InChI is InChI=1S/C27H36N6O7S2/c1-5-10-27(11-12-30-41(36,37)23-15-32(3)17-28-23)14-22(34)25(26(35)40-27)21(6-2)19-8-7-9-20(13-19)31-42(38,39)24-16-33(4)18-29-24/h7-9,13,15-18,21,30-31,34H,5-6,10-12,14H2,1-4H3. The van der Waals surface area contributed by atoms with Gasteiger partial charge in [-0.3, -0.25) is 4.72 Å². The van der Waals surface area contributed by atoms with E-state index < -0.39 is 37.5 Å². The lowest BCUT2D eigenvalue weighted by Gasteiger charge is -2.38. The number of aryl methyl sites for hydroxylation is 2. The number of aliphatic hydroxyl groups excluding tert-OH is 1. The van der Waals surface area contributed by atoms with Gasteiger partial charge in [-0.05, 0) is 30.5 Å². The summed E-state index contributed by atoms with van der Waals surface area (Å²) in [5.74, 6) is -1.39. The topological polar surface area (TPSA) is 175 Å². The molecule has 42 heavy (non-hydrogen) atoms. The average Bonchev–Trinajstić information content (AvgIpc) is 3.55. The number of imidazole rings is 2. The Morgan fingerprint density at radius 1 is 1.02 bits per heavy atom. The van der Waals surface area contributed by atoms with Crippen molar-refractivity contribution in [3.8, 4) is 0 Å². The van der Waals surface area contributed by atoms with Crippen LogP contribution < -0.4 is 9.44 Å². The number of rotatable bonds is 13. The van der Waals surface area contributed by atoms with Gasteiger partial charge in [0.15, 0.2) is 10.1 Å². The maximum Gasteiger partial charge on any atom is 0.338 e. The zero-order valence-corrected chi connectivity index (χ0v) is 25.6. The van der Waals surface area contributed by atoms with Gasteiger partial charge in [-0.2, -0.15) is 8.42 Å². The molecule has 2 atom stereocenters. The van der Waals surface area contributed by atoms with Crippen LogP contribution in [0.2, 0.25) is 0 Å². The number of carbonyl (C=O) groups excluding carboxylic acids is 1. The van der Waals surface area contributed by atoms with E-state index in [1.54, 1.807) is 38.4 Å². The van der Waals surface area contributed by atoms with Gasteiger partial charge >= 0.3 is 5.97 Å². The summed E-state index contributed by atoms with van der Waals surface area (Å²) in [5, 5.41) is 11.0. The van der Waals surface area contributed by atoms with Crippen LogP contribution in [0.25, 0.3) is 0 Å². The Morgan fingerprint density at radius 3 is 2.21 bits per heavy atom. The Labute approximate surface area is 245 Å². The SMILES string of the molecule is CCCC1(CCNS(=O)(=O)c2cn(C)cn2)CC(O)=C(C(CC)c2cccc(NS(=O)(=O)c3cn(C)cn3)c2)C(=O)O1. The molecule has 0 radical (unpaired) electrons. The number of nitrogens with zero attached hydrogens (tertiary/aromatic N) is 4. The molecule has 3 aromatic rings. The second-order valence-corrected chi connectivity index (χ2v) is 13.8. The van der Waals surface area contributed by atoms with Crippen molar-refractivity contribution in [1.29, 1.82) is 0 Å². The van der Waals surface area contributed by atoms with E-state index in [9.17, 15) is 26.7 Å². The number of hydrogen-bond acceptors (Lipinski definition) is 9. The number of aromatic nitrogens is 4. The molecule has 0 amide bonds. The molecule has 1 aliphatic rings. The van der Waals surface area contributed by atoms with E-state index in [0.29, 0.717) is 24.8 Å². The van der Waals surface area contributed by atoms with E-state index in [1.807, 2.05) is 13.8 Å². The third kappa shape index (κ3) is 6.85. The summed E-state index contributed by atoms with van der Waals surface area (Å²) in [4.78, 5) is 21.2. The lowest BCUT2D eigenvalue weighted by Crippen LogP contribution is -2.43. The van der Waals surface area contributed by atoms with Crippen molar-refractivity contribution in [1.82, 2.24) is 23.8 Å². The van der Waals surface area contributed by atoms with Crippen LogP contribution in [-0.4, -0.2) is 59.2 Å². The van der Waals surface area contributed by atoms with Crippen molar-refractivity contribution < 1.29 is 31.5 Å². The highest BCUT2D eigenvalue weighted by molar-refractivity contribution is 7.92. The maximum absolute atomic E-state index is 13.4. The molecule has 2 unspecified atom stereocenters. The minimum Gasteiger partial charge on any atom is -0.512 e. The second-order valence-electron chi connectivity index (χ2n) is 10.5. The first kappa shape index (κ1) is 31.3. The number of cyclic esters (lactones) is 1. The Bertz CT molecular complexity index is 1690. The molecule has 3 heterocycles. The summed E-state index contributed by atoms with van der Waals surface area (Å²) >= 11 is 0. The molecular weight excluding hydrogens is 584 g/mol. The Morgan fingerprint density at radius 2 is 1.67 bits per heavy atom. The smallest absolute Gasteiger partial charge is 0.338 e. The van der Waals surface area contributed by atoms with Crippen molar-refractivity contribution >= 4 is 31.7 Å². The summed E-state index contributed by atoms with van der Waals surface area (Å²) in [7, 11) is -4.46. The summed E-state index contributed by atoms with van der Waals surface area (Å²) < 4.78 is 64.8. The number of sulfonamides is 2. The quantitative estimate of drug-likeness (QED) is 0.243. The van der Waals surface area contributed by atoms with Crippen LogP contribution in [-0.2, 0) is 43.7 Å². The van der Waals surface area contributed by atoms with Crippen LogP contribution in [0, 0.1) is 0 Å². The van der Waals surface area contributed by atoms with Crippen LogP contribution in [0.5, 0.6) is 0 Å². The summed E-state index contributed by atoms with van der Waals surface area (Å²) in [6.07, 6.45) is 7.19. The number of hydrogen-bond donors (Lipinski definition) is 3. The van der Waals surface area contributed by atoms with Gasteiger partial charge in [-0.15, -0.1) is 0 Å². The molecule has 15 heteroatoms. The van der Waals surface area contributed by atoms with Gasteiger partial charge in [0.1, 0.15) is 11.4 Å². The molecule has 2 aromatic heterocycles. The average molecular weight is 621 g/mol. The van der Waals surface area contributed by atoms with Gasteiger partial charge in [0.25, 0.3) is 20.0 Å². The van der Waals surface area contributed by atoms with Gasteiger partial charge in [-0.25, -0.2) is 27.9 Å². The van der Waals surface area contributed by atoms with E-state index in [0.717, 1.165) is 0 Å². The number of anilines is 1. The van der Waals surface area contributed by atoms with E-state index in [1.165, 1.54) is 34.2 Å². The van der Waals surface area contributed by atoms with Crippen LogP contribution in [0.3, 0.4) is 0 Å². The second kappa shape index (κ2) is 12.3. The summed E-state index contributed by atoms with van der Waals surface area (Å²) in [6, 6.07) is 6.61. The molecule has 13 nitrogen and oxygen atoms in total. The number of benzene rings is 1. The van der Waals surface area contributed by atoms with Crippen LogP contribution in [0.4, 0.5) is 5.69 Å². The molecule has 3 N–H and O–H groups in total. The molecule has 0 bridgehead atoms. The Kier molecular flexibility index (Phi) is 9.13. The van der Waals surface area contributed by atoms with Gasteiger partial charge < -0.3 is 19.0 Å². The zero-order valence-electron chi connectivity index (χ0n) is 23.9. The zero-order chi connectivity index (χ0) is 30.7. The predicted octanol–water partition coefficient (Wildman–Crippen LogP) is 3.11. The van der Waals surface area contributed by atoms with E-state index >= 15 is 0 Å². The Hall–Kier alpha value is -3.69. The molecule has 0 saturated heterocycles. The molecule has 0 saturated carbocycles. The van der Waals surface area contributed by atoms with Crippen molar-refractivity contribution in [2.24, 2.45) is 14.1 Å². The maximum atomic E-state index is 13.4. The molecule has 4 rings (SSSR count). The molecule has 0 spiro atoms. The first-order valence-corrected chi connectivity index (χ1v) is 16.5. The van der Waals surface area contributed by atoms with Gasteiger partial charge in [-0.1, -0.05) is 32.4 Å². The van der Waals surface area contributed by atoms with Crippen LogP contribution >= 0.6 is 0 Å². The fourth-order valence-electron chi connectivity index (χ4n) is 5.18. The number of carbonyl (C=O) groups is 1. The monoisotopic (exact) mass is 620 g/mol. The molecule has 1 aromatic carbocycles. The highest BCUT2D eigenvalue weighted by Gasteiger charge is 2.43. The highest BCUT2D eigenvalue weighted by Crippen LogP contribution is 2.41. The molecular formula is C27H36N6O7S2. The largest absolute Gasteiger partial charge is 0.512 e. The molecule has 0 aliphatic carbocycles. The third-order valence-corrected chi connectivity index (χ3v) is 9.73. The molecule has 228 valence electrons. The van der Waals surface area contributed by atoms with E-state index in [-0.39, 0.29) is 46.5 Å². The first-order chi connectivity index (χ1) is 19.8. The summed E-state index contributed by atoms with van der Waals surface area (Å²) in [6.45, 7) is 3.74. The fourth-order valence-corrected chi connectivity index (χ4v) is 7.23. The number of aliphatic hydroxyl groups is 1. The number of nitrogens with one attached hydrogen (secondary N) is 2. The fraction of sp³-hybridized carbons (Fsp3) is 0.444. The normalized spacial score (nSPS) is 18.6. The lowest BCUT2D eigenvalue weighted by atomic mass is 9.81. The number of esters is 1. The van der Waals surface area contributed by atoms with Gasteiger partial charge in [0, 0.05) is 57.5 Å². The first-order valence-electron chi connectivity index (χ1n) is 13.5. The van der Waals surface area contributed by atoms with Crippen molar-refractivity contribution in [2.75, 3.05) is 11.3 Å². The lowest BCUT2D eigenvalue weighted by molar-refractivity contribution is -0.161. The highest BCUT2D eigenvalue weighted by atomic mass is 32.2. The predicted molar refractivity (Wildman–Crippen MR) is 155 cm³/mol. The minimum atomic E-state index is -3.93. The number of ether oxygens (including phenoxy) is 1. The summed E-state index contributed by atoms with van der Waals surface area (Å²) in [5.41, 5.74) is -0.0995.